The zero-order chi connectivity index (χ0) is 9.57. The lowest BCUT2D eigenvalue weighted by atomic mass is 9.96. The quantitative estimate of drug-likeness (QED) is 0.626. The van der Waals surface area contributed by atoms with Gasteiger partial charge in [-0.25, -0.2) is 0 Å². The Morgan fingerprint density at radius 3 is 2.25 bits per heavy atom. The standard InChI is InChI=1S/C7H11F2NO2/c1-6(12)3-10(4-6)5(11)7(2,8)9/h12H,3-4H2,1-2H3. The van der Waals surface area contributed by atoms with Crippen molar-refractivity contribution in [1.82, 2.24) is 4.90 Å². The Morgan fingerprint density at radius 1 is 1.58 bits per heavy atom. The number of halogens is 2. The first kappa shape index (κ1) is 9.38. The third kappa shape index (κ3) is 1.72. The Kier molecular flexibility index (Phi) is 1.87. The molecule has 1 aliphatic heterocycles. The molecule has 1 amide bonds. The maximum absolute atomic E-state index is 12.4. The maximum Gasteiger partial charge on any atom is 0.322 e. The Morgan fingerprint density at radius 2 is 2.00 bits per heavy atom. The summed E-state index contributed by atoms with van der Waals surface area (Å²) in [5, 5.41) is 9.16. The summed E-state index contributed by atoms with van der Waals surface area (Å²) in [5.41, 5.74) is -0.985. The summed E-state index contributed by atoms with van der Waals surface area (Å²) in [7, 11) is 0. The van der Waals surface area contributed by atoms with Gasteiger partial charge in [0.15, 0.2) is 0 Å². The molecule has 70 valence electrons. The highest BCUT2D eigenvalue weighted by atomic mass is 19.3. The molecule has 0 atom stereocenters. The average molecular weight is 179 g/mol. The van der Waals surface area contributed by atoms with E-state index in [1.165, 1.54) is 6.92 Å². The molecule has 1 saturated heterocycles. The number of rotatable bonds is 1. The van der Waals surface area contributed by atoms with Crippen LogP contribution in [-0.4, -0.2) is 40.5 Å². The topological polar surface area (TPSA) is 40.5 Å². The van der Waals surface area contributed by atoms with Gasteiger partial charge in [-0.3, -0.25) is 4.79 Å². The number of carbonyl (C=O) groups is 1. The number of amides is 1. The Labute approximate surface area is 69.0 Å². The van der Waals surface area contributed by atoms with Crippen LogP contribution in [0.15, 0.2) is 0 Å². The van der Waals surface area contributed by atoms with Gasteiger partial charge in [-0.2, -0.15) is 8.78 Å². The van der Waals surface area contributed by atoms with Crippen LogP contribution in [0.3, 0.4) is 0 Å². The number of nitrogens with zero attached hydrogens (tertiary/aromatic N) is 1. The molecule has 1 rings (SSSR count). The molecule has 0 aromatic carbocycles. The minimum atomic E-state index is -3.32. The molecular weight excluding hydrogens is 168 g/mol. The monoisotopic (exact) mass is 179 g/mol. The van der Waals surface area contributed by atoms with Crippen molar-refractivity contribution in [2.45, 2.75) is 25.4 Å². The van der Waals surface area contributed by atoms with Gasteiger partial charge < -0.3 is 10.0 Å². The summed E-state index contributed by atoms with van der Waals surface area (Å²) in [6, 6.07) is 0. The van der Waals surface area contributed by atoms with Crippen molar-refractivity contribution in [2.24, 2.45) is 0 Å². The van der Waals surface area contributed by atoms with Gasteiger partial charge in [-0.15, -0.1) is 0 Å². The normalized spacial score (nSPS) is 21.9. The number of β-amino-alcohol motifs (C(OH)–C–C–N with tert-alkyl or cyclic N) is 1. The highest BCUT2D eigenvalue weighted by molar-refractivity contribution is 5.84. The summed E-state index contributed by atoms with van der Waals surface area (Å²) in [4.78, 5) is 11.7. The van der Waals surface area contributed by atoms with E-state index >= 15 is 0 Å². The van der Waals surface area contributed by atoms with Crippen molar-refractivity contribution in [3.63, 3.8) is 0 Å². The predicted octanol–water partition coefficient (Wildman–Crippen LogP) is 0.235. The van der Waals surface area contributed by atoms with Crippen LogP contribution in [0.25, 0.3) is 0 Å². The number of aliphatic hydroxyl groups is 1. The van der Waals surface area contributed by atoms with E-state index in [-0.39, 0.29) is 13.1 Å². The minimum Gasteiger partial charge on any atom is -0.386 e. The maximum atomic E-state index is 12.4. The minimum absolute atomic E-state index is 0.00470. The van der Waals surface area contributed by atoms with Crippen molar-refractivity contribution >= 4 is 5.91 Å². The fraction of sp³-hybridized carbons (Fsp3) is 0.857. The molecule has 0 aromatic heterocycles. The fourth-order valence-corrected chi connectivity index (χ4v) is 1.20. The lowest BCUT2D eigenvalue weighted by Gasteiger charge is -2.44. The highest BCUT2D eigenvalue weighted by Gasteiger charge is 2.46. The van der Waals surface area contributed by atoms with E-state index in [0.717, 1.165) is 4.90 Å². The molecule has 1 fully saturated rings. The van der Waals surface area contributed by atoms with Gasteiger partial charge in [-0.1, -0.05) is 0 Å². The summed E-state index contributed by atoms with van der Waals surface area (Å²) in [5.74, 6) is -4.54. The van der Waals surface area contributed by atoms with Crippen LogP contribution >= 0.6 is 0 Å². The van der Waals surface area contributed by atoms with Crippen molar-refractivity contribution in [1.29, 1.82) is 0 Å². The number of hydrogen-bond acceptors (Lipinski definition) is 2. The van der Waals surface area contributed by atoms with Crippen molar-refractivity contribution in [3.05, 3.63) is 0 Å². The van der Waals surface area contributed by atoms with Crippen LogP contribution in [0.2, 0.25) is 0 Å². The van der Waals surface area contributed by atoms with Crippen molar-refractivity contribution < 1.29 is 18.7 Å². The van der Waals surface area contributed by atoms with Crippen molar-refractivity contribution in [2.75, 3.05) is 13.1 Å². The molecule has 3 nitrogen and oxygen atoms in total. The molecule has 0 radical (unpaired) electrons. The number of hydrogen-bond donors (Lipinski definition) is 1. The Balaban J connectivity index is 2.50. The Hall–Kier alpha value is -0.710. The molecule has 0 aliphatic carbocycles. The summed E-state index contributed by atoms with van der Waals surface area (Å²) < 4.78 is 24.7. The van der Waals surface area contributed by atoms with Crippen LogP contribution in [-0.2, 0) is 4.79 Å². The summed E-state index contributed by atoms with van der Waals surface area (Å²) in [6.07, 6.45) is 0. The fourth-order valence-electron chi connectivity index (χ4n) is 1.20. The van der Waals surface area contributed by atoms with Crippen LogP contribution < -0.4 is 0 Å². The van der Waals surface area contributed by atoms with Gasteiger partial charge >= 0.3 is 5.92 Å². The van der Waals surface area contributed by atoms with E-state index < -0.39 is 17.4 Å². The lowest BCUT2D eigenvalue weighted by molar-refractivity contribution is -0.174. The third-order valence-corrected chi connectivity index (χ3v) is 1.73. The van der Waals surface area contributed by atoms with E-state index in [1.54, 1.807) is 0 Å². The second-order valence-electron chi connectivity index (χ2n) is 3.55. The summed E-state index contributed by atoms with van der Waals surface area (Å²) in [6.45, 7) is 2.05. The van der Waals surface area contributed by atoms with E-state index in [1.807, 2.05) is 0 Å². The number of likely N-dealkylation sites (tertiary alicyclic amines) is 1. The second kappa shape index (κ2) is 2.39. The lowest BCUT2D eigenvalue weighted by Crippen LogP contribution is -2.64. The van der Waals surface area contributed by atoms with Gasteiger partial charge in [0.25, 0.3) is 5.91 Å². The zero-order valence-electron chi connectivity index (χ0n) is 6.97. The highest BCUT2D eigenvalue weighted by Crippen LogP contribution is 2.25. The van der Waals surface area contributed by atoms with E-state index in [2.05, 4.69) is 0 Å². The molecule has 0 bridgehead atoms. The first-order chi connectivity index (χ1) is 5.22. The average Bonchev–Trinajstić information content (AvgIpc) is 1.78. The molecule has 0 spiro atoms. The van der Waals surface area contributed by atoms with Crippen LogP contribution in [0.5, 0.6) is 0 Å². The van der Waals surface area contributed by atoms with E-state index in [9.17, 15) is 13.6 Å². The van der Waals surface area contributed by atoms with E-state index in [0.29, 0.717) is 6.92 Å². The predicted molar refractivity (Wildman–Crippen MR) is 37.8 cm³/mol. The van der Waals surface area contributed by atoms with Gasteiger partial charge in [0.1, 0.15) is 0 Å². The van der Waals surface area contributed by atoms with Crippen molar-refractivity contribution in [3.8, 4) is 0 Å². The molecular formula is C7H11F2NO2. The molecule has 0 aromatic rings. The molecule has 1 aliphatic rings. The third-order valence-electron chi connectivity index (χ3n) is 1.73. The SMILES string of the molecule is CC1(O)CN(C(=O)C(C)(F)F)C1. The first-order valence-electron chi connectivity index (χ1n) is 3.62. The second-order valence-corrected chi connectivity index (χ2v) is 3.55. The van der Waals surface area contributed by atoms with Crippen LogP contribution in [0, 0.1) is 0 Å². The molecule has 1 N–H and O–H groups in total. The molecule has 0 unspecified atom stereocenters. The van der Waals surface area contributed by atoms with Gasteiger partial charge in [-0.05, 0) is 6.92 Å². The van der Waals surface area contributed by atoms with Gasteiger partial charge in [0, 0.05) is 6.92 Å². The number of alkyl halides is 2. The summed E-state index contributed by atoms with van der Waals surface area (Å²) >= 11 is 0. The molecule has 12 heavy (non-hydrogen) atoms. The van der Waals surface area contributed by atoms with Crippen LogP contribution in [0.4, 0.5) is 8.78 Å². The largest absolute Gasteiger partial charge is 0.386 e. The van der Waals surface area contributed by atoms with Gasteiger partial charge in [0.2, 0.25) is 0 Å². The first-order valence-corrected chi connectivity index (χ1v) is 3.62. The van der Waals surface area contributed by atoms with Crippen LogP contribution in [0.1, 0.15) is 13.8 Å². The Bertz CT molecular complexity index is 202. The number of carbonyl (C=O) groups excluding carboxylic acids is 1. The zero-order valence-corrected chi connectivity index (χ0v) is 6.97. The smallest absolute Gasteiger partial charge is 0.322 e. The van der Waals surface area contributed by atoms with Gasteiger partial charge in [0.05, 0.1) is 18.7 Å². The molecule has 1 heterocycles. The molecule has 0 saturated carbocycles. The molecule has 5 heteroatoms. The van der Waals surface area contributed by atoms with E-state index in [4.69, 9.17) is 5.11 Å².